The first-order valence-corrected chi connectivity index (χ1v) is 12.6. The van der Waals surface area contributed by atoms with Crippen LogP contribution in [0.25, 0.3) is 22.2 Å². The number of benzene rings is 2. The molecule has 8 heteroatoms. The number of hydrazine groups is 1. The van der Waals surface area contributed by atoms with Gasteiger partial charge in [0.15, 0.2) is 0 Å². The molecule has 3 aromatic rings. The fourth-order valence-corrected chi connectivity index (χ4v) is 5.36. The van der Waals surface area contributed by atoms with E-state index in [0.29, 0.717) is 0 Å². The van der Waals surface area contributed by atoms with Gasteiger partial charge in [0.05, 0.1) is 11.2 Å². The summed E-state index contributed by atoms with van der Waals surface area (Å²) in [5, 5.41) is 8.41. The number of amides is 2. The van der Waals surface area contributed by atoms with Crippen molar-refractivity contribution in [2.45, 2.75) is 6.42 Å². The van der Waals surface area contributed by atoms with E-state index < -0.39 is 0 Å². The summed E-state index contributed by atoms with van der Waals surface area (Å²) in [5.41, 5.74) is 5.73. The van der Waals surface area contributed by atoms with Crippen LogP contribution in [0.4, 0.5) is 14.9 Å². The number of carbonyl (C=O) groups is 1. The number of nitrogens with one attached hydrogen (secondary N) is 1. The lowest BCUT2D eigenvalue weighted by Crippen LogP contribution is -2.38. The molecule has 2 amide bonds. The highest BCUT2D eigenvalue weighted by atomic mass is 19.1. The Bertz CT molecular complexity index is 1340. The summed E-state index contributed by atoms with van der Waals surface area (Å²) >= 11 is 0. The zero-order valence-corrected chi connectivity index (χ0v) is 20.5. The number of fused-ring (bicyclic) bond motifs is 1. The van der Waals surface area contributed by atoms with Gasteiger partial charge in [0.25, 0.3) is 0 Å². The maximum atomic E-state index is 13.6. The Morgan fingerprint density at radius 1 is 1.00 bits per heavy atom. The second-order valence-electron chi connectivity index (χ2n) is 9.66. The minimum absolute atomic E-state index is 0.0474. The number of carbonyl (C=O) groups excluding carboxylic acids is 1. The fraction of sp³-hybridized carbons (Fsp3) is 0.321. The topological polar surface area (TPSA) is 47.0 Å². The van der Waals surface area contributed by atoms with Gasteiger partial charge in [0.1, 0.15) is 5.82 Å². The smallest absolute Gasteiger partial charge is 0.317 e. The van der Waals surface area contributed by atoms with E-state index in [-0.39, 0.29) is 11.8 Å². The van der Waals surface area contributed by atoms with Crippen LogP contribution in [-0.4, -0.2) is 78.3 Å². The Balaban J connectivity index is 1.31. The first-order valence-electron chi connectivity index (χ1n) is 12.6. The molecule has 1 saturated heterocycles. The van der Waals surface area contributed by atoms with Crippen LogP contribution >= 0.6 is 0 Å². The summed E-state index contributed by atoms with van der Waals surface area (Å²) in [7, 11) is 2.08. The minimum Gasteiger partial charge on any atom is -0.336 e. The molecule has 7 nitrogen and oxygen atoms in total. The molecule has 1 N–H and O–H groups in total. The molecule has 0 spiro atoms. The van der Waals surface area contributed by atoms with Gasteiger partial charge in [0, 0.05) is 81.9 Å². The van der Waals surface area contributed by atoms with E-state index in [0.717, 1.165) is 69.1 Å². The van der Waals surface area contributed by atoms with Gasteiger partial charge in [-0.1, -0.05) is 12.2 Å². The maximum absolute atomic E-state index is 13.6. The molecule has 0 bridgehead atoms. The van der Waals surface area contributed by atoms with Gasteiger partial charge in [0.2, 0.25) is 0 Å². The van der Waals surface area contributed by atoms with Crippen molar-refractivity contribution in [3.05, 3.63) is 78.4 Å². The van der Waals surface area contributed by atoms with E-state index in [2.05, 4.69) is 74.6 Å². The van der Waals surface area contributed by atoms with Crippen LogP contribution in [0.2, 0.25) is 0 Å². The Labute approximate surface area is 210 Å². The van der Waals surface area contributed by atoms with Gasteiger partial charge < -0.3 is 14.8 Å². The van der Waals surface area contributed by atoms with Crippen molar-refractivity contribution in [3.63, 3.8) is 0 Å². The molecule has 0 saturated carbocycles. The van der Waals surface area contributed by atoms with Crippen LogP contribution in [0.3, 0.4) is 0 Å². The Morgan fingerprint density at radius 2 is 1.83 bits per heavy atom. The monoisotopic (exact) mass is 486 g/mol. The van der Waals surface area contributed by atoms with Gasteiger partial charge in [-0.15, -0.1) is 0 Å². The average Bonchev–Trinajstić information content (AvgIpc) is 3.61. The Morgan fingerprint density at radius 3 is 2.53 bits per heavy atom. The summed E-state index contributed by atoms with van der Waals surface area (Å²) in [5.74, 6) is -0.233. The third kappa shape index (κ3) is 4.27. The number of halogens is 1. The molecule has 0 radical (unpaired) electrons. The molecule has 6 rings (SSSR count). The second kappa shape index (κ2) is 9.44. The van der Waals surface area contributed by atoms with Crippen LogP contribution < -0.4 is 10.3 Å². The molecule has 3 aliphatic rings. The Hall–Kier alpha value is -3.62. The van der Waals surface area contributed by atoms with Crippen molar-refractivity contribution in [2.24, 2.45) is 0 Å². The molecular formula is C28H31FN6O. The van der Waals surface area contributed by atoms with E-state index in [9.17, 15) is 9.18 Å². The standard InChI is InChI=1S/C28H31FN6O/c1-31-12-2-13-35(31)24-7-8-27-25(19-24)26(20-34(27)23-5-3-22(29)4-6-23)21-9-14-32(15-10-21)17-18-33-16-11-30-28(33)36/h2-9,13,19-20H,10-12,14-18H2,1H3,(H,30,36). The van der Waals surface area contributed by atoms with Crippen LogP contribution in [-0.2, 0) is 0 Å². The lowest BCUT2D eigenvalue weighted by molar-refractivity contribution is 0.205. The summed E-state index contributed by atoms with van der Waals surface area (Å²) < 4.78 is 15.8. The number of likely N-dealkylation sites (N-methyl/N-ethyl adjacent to an activating group) is 1. The third-order valence-electron chi connectivity index (χ3n) is 7.41. The Kier molecular flexibility index (Phi) is 5.99. The molecule has 1 aromatic heterocycles. The SMILES string of the molecule is CN1CC=CN1c1ccc2c(c1)c(C1=CCN(CCN3CCNC3=O)CC1)cn2-c1ccc(F)cc1. The number of anilines is 1. The van der Waals surface area contributed by atoms with E-state index >= 15 is 0 Å². The number of hydrogen-bond donors (Lipinski definition) is 1. The van der Waals surface area contributed by atoms with E-state index in [1.54, 1.807) is 0 Å². The molecule has 1 fully saturated rings. The van der Waals surface area contributed by atoms with Crippen molar-refractivity contribution in [3.8, 4) is 5.69 Å². The second-order valence-corrected chi connectivity index (χ2v) is 9.66. The largest absolute Gasteiger partial charge is 0.336 e. The lowest BCUT2D eigenvalue weighted by Gasteiger charge is -2.28. The number of nitrogens with zero attached hydrogens (tertiary/aromatic N) is 5. The van der Waals surface area contributed by atoms with E-state index in [4.69, 9.17) is 0 Å². The van der Waals surface area contributed by atoms with Gasteiger partial charge >= 0.3 is 6.03 Å². The van der Waals surface area contributed by atoms with Crippen LogP contribution in [0.5, 0.6) is 0 Å². The predicted octanol–water partition coefficient (Wildman–Crippen LogP) is 4.06. The lowest BCUT2D eigenvalue weighted by atomic mass is 9.98. The highest BCUT2D eigenvalue weighted by Gasteiger charge is 2.23. The first kappa shape index (κ1) is 22.8. The van der Waals surface area contributed by atoms with Gasteiger partial charge in [-0.25, -0.2) is 14.2 Å². The minimum atomic E-state index is -0.233. The number of rotatable bonds is 6. The van der Waals surface area contributed by atoms with E-state index in [1.807, 2.05) is 17.0 Å². The molecule has 2 aromatic carbocycles. The van der Waals surface area contributed by atoms with Crippen molar-refractivity contribution in [1.82, 2.24) is 24.7 Å². The van der Waals surface area contributed by atoms with Crippen molar-refractivity contribution >= 4 is 28.2 Å². The quantitative estimate of drug-likeness (QED) is 0.571. The molecule has 0 unspecified atom stereocenters. The zero-order valence-electron chi connectivity index (χ0n) is 20.5. The van der Waals surface area contributed by atoms with Crippen LogP contribution in [0, 0.1) is 5.82 Å². The number of aromatic nitrogens is 1. The molecule has 186 valence electrons. The van der Waals surface area contributed by atoms with E-state index in [1.165, 1.54) is 28.7 Å². The van der Waals surface area contributed by atoms with Crippen molar-refractivity contribution in [2.75, 3.05) is 57.9 Å². The van der Waals surface area contributed by atoms with Gasteiger partial charge in [-0.3, -0.25) is 9.91 Å². The van der Waals surface area contributed by atoms with Gasteiger partial charge in [-0.2, -0.15) is 0 Å². The average molecular weight is 487 g/mol. The number of hydrogen-bond acceptors (Lipinski definition) is 4. The van der Waals surface area contributed by atoms with Crippen molar-refractivity contribution < 1.29 is 9.18 Å². The predicted molar refractivity (Wildman–Crippen MR) is 141 cm³/mol. The molecule has 0 aliphatic carbocycles. The molecule has 4 heterocycles. The normalized spacial score (nSPS) is 18.9. The van der Waals surface area contributed by atoms with Crippen LogP contribution in [0.1, 0.15) is 12.0 Å². The molecular weight excluding hydrogens is 455 g/mol. The highest BCUT2D eigenvalue weighted by molar-refractivity contribution is 5.96. The summed E-state index contributed by atoms with van der Waals surface area (Å²) in [6.07, 6.45) is 9.73. The first-order chi connectivity index (χ1) is 17.6. The van der Waals surface area contributed by atoms with Gasteiger partial charge in [-0.05, 0) is 54.5 Å². The fourth-order valence-electron chi connectivity index (χ4n) is 5.36. The maximum Gasteiger partial charge on any atom is 0.317 e. The summed E-state index contributed by atoms with van der Waals surface area (Å²) in [6.45, 7) is 5.90. The molecule has 0 atom stereocenters. The summed E-state index contributed by atoms with van der Waals surface area (Å²) in [4.78, 5) is 16.1. The zero-order chi connectivity index (χ0) is 24.6. The van der Waals surface area contributed by atoms with Crippen molar-refractivity contribution in [1.29, 1.82) is 0 Å². The molecule has 36 heavy (non-hydrogen) atoms. The number of urea groups is 1. The molecule has 3 aliphatic heterocycles. The third-order valence-corrected chi connectivity index (χ3v) is 7.41. The highest BCUT2D eigenvalue weighted by Crippen LogP contribution is 2.35. The van der Waals surface area contributed by atoms with Crippen LogP contribution in [0.15, 0.2) is 67.0 Å². The summed E-state index contributed by atoms with van der Waals surface area (Å²) in [6, 6.07) is 13.3.